The third-order valence-electron chi connectivity index (χ3n) is 3.55. The molecule has 2 rings (SSSR count). The van der Waals surface area contributed by atoms with Gasteiger partial charge in [-0.1, -0.05) is 6.07 Å². The van der Waals surface area contributed by atoms with Crippen LogP contribution in [0.3, 0.4) is 0 Å². The van der Waals surface area contributed by atoms with Gasteiger partial charge in [0.25, 0.3) is 0 Å². The Morgan fingerprint density at radius 3 is 2.40 bits per heavy atom. The van der Waals surface area contributed by atoms with Crippen molar-refractivity contribution in [2.75, 3.05) is 13.1 Å². The van der Waals surface area contributed by atoms with Gasteiger partial charge < -0.3 is 10.6 Å². The number of piperidine rings is 1. The number of amides is 1. The number of hydrogen-bond donors (Lipinski definition) is 2. The molecule has 0 saturated carbocycles. The summed E-state index contributed by atoms with van der Waals surface area (Å²) in [7, 11) is 0. The minimum Gasteiger partial charge on any atom is -0.351 e. The average Bonchev–Trinajstić information content (AvgIpc) is 2.34. The molecule has 1 aromatic rings. The Morgan fingerprint density at radius 2 is 1.85 bits per heavy atom. The molecule has 3 nitrogen and oxygen atoms in total. The summed E-state index contributed by atoms with van der Waals surface area (Å²) in [5, 5.41) is 6.10. The first-order valence-corrected chi connectivity index (χ1v) is 6.45. The van der Waals surface area contributed by atoms with Gasteiger partial charge in [0.2, 0.25) is 5.91 Å². The monoisotopic (exact) mass is 304 g/mol. The fourth-order valence-corrected chi connectivity index (χ4v) is 2.35. The van der Waals surface area contributed by atoms with E-state index in [-0.39, 0.29) is 35.8 Å². The molecule has 2 N–H and O–H groups in total. The van der Waals surface area contributed by atoms with Crippen LogP contribution in [0.15, 0.2) is 18.2 Å². The van der Waals surface area contributed by atoms with Crippen molar-refractivity contribution in [3.8, 4) is 0 Å². The van der Waals surface area contributed by atoms with E-state index in [4.69, 9.17) is 0 Å². The Bertz CT molecular complexity index is 456. The predicted molar refractivity (Wildman–Crippen MR) is 76.0 cm³/mol. The number of hydrogen-bond acceptors (Lipinski definition) is 2. The Kier molecular flexibility index (Phi) is 5.89. The standard InChI is InChI=1S/C14H18F2N2O.ClH/c1-14(5-7-17-8-6-14)18-13(19)9-10-11(15)3-2-4-12(10)16;/h2-4,17H,5-9H2,1H3,(H,18,19);1H. The molecule has 0 aromatic heterocycles. The van der Waals surface area contributed by atoms with Gasteiger partial charge in [0, 0.05) is 11.1 Å². The van der Waals surface area contributed by atoms with Crippen molar-refractivity contribution in [1.82, 2.24) is 10.6 Å². The van der Waals surface area contributed by atoms with Gasteiger partial charge in [-0.2, -0.15) is 0 Å². The molecule has 0 spiro atoms. The van der Waals surface area contributed by atoms with Gasteiger partial charge in [0.05, 0.1) is 6.42 Å². The maximum Gasteiger partial charge on any atom is 0.225 e. The highest BCUT2D eigenvalue weighted by molar-refractivity contribution is 5.85. The lowest BCUT2D eigenvalue weighted by atomic mass is 9.90. The molecule has 1 aromatic carbocycles. The second-order valence-electron chi connectivity index (χ2n) is 5.24. The van der Waals surface area contributed by atoms with E-state index in [9.17, 15) is 13.6 Å². The lowest BCUT2D eigenvalue weighted by Crippen LogP contribution is -2.52. The fourth-order valence-electron chi connectivity index (χ4n) is 2.35. The van der Waals surface area contributed by atoms with Crippen LogP contribution in [0, 0.1) is 11.6 Å². The van der Waals surface area contributed by atoms with Crippen molar-refractivity contribution < 1.29 is 13.6 Å². The van der Waals surface area contributed by atoms with Crippen LogP contribution >= 0.6 is 12.4 Å². The minimum absolute atomic E-state index is 0. The summed E-state index contributed by atoms with van der Waals surface area (Å²) < 4.78 is 26.9. The smallest absolute Gasteiger partial charge is 0.225 e. The molecule has 0 bridgehead atoms. The molecule has 20 heavy (non-hydrogen) atoms. The Hall–Kier alpha value is -1.20. The summed E-state index contributed by atoms with van der Waals surface area (Å²) in [5.41, 5.74) is -0.457. The number of halogens is 3. The van der Waals surface area contributed by atoms with Crippen molar-refractivity contribution >= 4 is 18.3 Å². The highest BCUT2D eigenvalue weighted by atomic mass is 35.5. The van der Waals surface area contributed by atoms with Gasteiger partial charge in [-0.3, -0.25) is 4.79 Å². The number of benzene rings is 1. The van der Waals surface area contributed by atoms with Crippen LogP contribution in [0.25, 0.3) is 0 Å². The second-order valence-corrected chi connectivity index (χ2v) is 5.24. The first kappa shape index (κ1) is 16.9. The van der Waals surface area contributed by atoms with Crippen LogP contribution < -0.4 is 10.6 Å². The Labute approximate surface area is 123 Å². The van der Waals surface area contributed by atoms with E-state index in [1.54, 1.807) is 0 Å². The molecule has 1 amide bonds. The number of nitrogens with one attached hydrogen (secondary N) is 2. The van der Waals surface area contributed by atoms with Gasteiger partial charge in [0.15, 0.2) is 0 Å². The molecule has 0 unspecified atom stereocenters. The summed E-state index contributed by atoms with van der Waals surface area (Å²) >= 11 is 0. The number of carbonyl (C=O) groups is 1. The topological polar surface area (TPSA) is 41.1 Å². The molecule has 1 saturated heterocycles. The fraction of sp³-hybridized carbons (Fsp3) is 0.500. The molecule has 0 aliphatic carbocycles. The summed E-state index contributed by atoms with van der Waals surface area (Å²) in [6.07, 6.45) is 1.37. The normalized spacial score (nSPS) is 17.1. The molecule has 1 fully saturated rings. The van der Waals surface area contributed by atoms with E-state index >= 15 is 0 Å². The molecule has 1 aliphatic rings. The average molecular weight is 305 g/mol. The van der Waals surface area contributed by atoms with Gasteiger partial charge in [-0.05, 0) is 45.0 Å². The molecule has 1 heterocycles. The zero-order chi connectivity index (χ0) is 13.9. The van der Waals surface area contributed by atoms with Crippen molar-refractivity contribution in [2.24, 2.45) is 0 Å². The van der Waals surface area contributed by atoms with Gasteiger partial charge in [-0.15, -0.1) is 12.4 Å². The summed E-state index contributed by atoms with van der Waals surface area (Å²) in [6.45, 7) is 3.64. The quantitative estimate of drug-likeness (QED) is 0.899. The van der Waals surface area contributed by atoms with E-state index in [1.807, 2.05) is 6.92 Å². The first-order valence-electron chi connectivity index (χ1n) is 6.45. The molecule has 0 atom stereocenters. The third kappa shape index (κ3) is 4.15. The lowest BCUT2D eigenvalue weighted by Gasteiger charge is -2.35. The minimum atomic E-state index is -0.675. The highest BCUT2D eigenvalue weighted by Gasteiger charge is 2.28. The maximum absolute atomic E-state index is 13.5. The molecule has 6 heteroatoms. The molecular weight excluding hydrogens is 286 g/mol. The van der Waals surface area contributed by atoms with Crippen molar-refractivity contribution in [3.63, 3.8) is 0 Å². The van der Waals surface area contributed by atoms with Crippen LogP contribution in [0.5, 0.6) is 0 Å². The van der Waals surface area contributed by atoms with Crippen LogP contribution in [-0.2, 0) is 11.2 Å². The number of rotatable bonds is 3. The SMILES string of the molecule is CC1(NC(=O)Cc2c(F)cccc2F)CCNCC1.Cl. The summed E-state index contributed by atoms with van der Waals surface area (Å²) in [6, 6.07) is 3.62. The molecule has 0 radical (unpaired) electrons. The van der Waals surface area contributed by atoms with E-state index in [0.29, 0.717) is 0 Å². The van der Waals surface area contributed by atoms with Crippen LogP contribution in [0.4, 0.5) is 8.78 Å². The van der Waals surface area contributed by atoms with Gasteiger partial charge >= 0.3 is 0 Å². The van der Waals surface area contributed by atoms with E-state index in [1.165, 1.54) is 6.07 Å². The van der Waals surface area contributed by atoms with Crippen LogP contribution in [-0.4, -0.2) is 24.5 Å². The van der Waals surface area contributed by atoms with Gasteiger partial charge in [-0.25, -0.2) is 8.78 Å². The van der Waals surface area contributed by atoms with Crippen molar-refractivity contribution in [3.05, 3.63) is 35.4 Å². The molecule has 1 aliphatic heterocycles. The zero-order valence-electron chi connectivity index (χ0n) is 11.3. The Morgan fingerprint density at radius 1 is 1.30 bits per heavy atom. The lowest BCUT2D eigenvalue weighted by molar-refractivity contribution is -0.122. The van der Waals surface area contributed by atoms with Crippen molar-refractivity contribution in [2.45, 2.75) is 31.7 Å². The van der Waals surface area contributed by atoms with Crippen LogP contribution in [0.1, 0.15) is 25.3 Å². The third-order valence-corrected chi connectivity index (χ3v) is 3.55. The zero-order valence-corrected chi connectivity index (χ0v) is 12.2. The first-order chi connectivity index (χ1) is 9.00. The van der Waals surface area contributed by atoms with Crippen molar-refractivity contribution in [1.29, 1.82) is 0 Å². The second kappa shape index (κ2) is 6.99. The summed E-state index contributed by atoms with van der Waals surface area (Å²) in [4.78, 5) is 11.9. The van der Waals surface area contributed by atoms with Gasteiger partial charge in [0.1, 0.15) is 11.6 Å². The molecule has 112 valence electrons. The van der Waals surface area contributed by atoms with Crippen LogP contribution in [0.2, 0.25) is 0 Å². The van der Waals surface area contributed by atoms with E-state index < -0.39 is 11.6 Å². The largest absolute Gasteiger partial charge is 0.351 e. The Balaban J connectivity index is 0.00000200. The van der Waals surface area contributed by atoms with E-state index in [0.717, 1.165) is 38.1 Å². The molecular formula is C14H19ClF2N2O. The number of carbonyl (C=O) groups excluding carboxylic acids is 1. The van der Waals surface area contributed by atoms with E-state index in [2.05, 4.69) is 10.6 Å². The predicted octanol–water partition coefficient (Wildman–Crippen LogP) is 2.19. The summed E-state index contributed by atoms with van der Waals surface area (Å²) in [5.74, 6) is -1.69. The maximum atomic E-state index is 13.5. The highest BCUT2D eigenvalue weighted by Crippen LogP contribution is 2.18.